The van der Waals surface area contributed by atoms with Crippen molar-refractivity contribution in [3.63, 3.8) is 0 Å². The van der Waals surface area contributed by atoms with Crippen LogP contribution in [0.4, 0.5) is 0 Å². The highest BCUT2D eigenvalue weighted by Gasteiger charge is 2.20. The number of pyridine rings is 1. The molecule has 1 aromatic rings. The number of allylic oxidation sites excluding steroid dienone is 1. The summed E-state index contributed by atoms with van der Waals surface area (Å²) in [6.07, 6.45) is 5.09. The van der Waals surface area contributed by atoms with Crippen molar-refractivity contribution >= 4 is 45.5 Å². The molecule has 0 radical (unpaired) electrons. The summed E-state index contributed by atoms with van der Waals surface area (Å²) in [5, 5.41) is 3.00. The molecule has 0 bridgehead atoms. The Kier molecular flexibility index (Phi) is 8.52. The molecule has 24 heavy (non-hydrogen) atoms. The van der Waals surface area contributed by atoms with E-state index < -0.39 is 10.8 Å². The molecule has 0 saturated carbocycles. The van der Waals surface area contributed by atoms with E-state index in [1.165, 1.54) is 0 Å². The highest BCUT2D eigenvalue weighted by Crippen LogP contribution is 2.15. The Labute approximate surface area is 155 Å². The zero-order valence-electron chi connectivity index (χ0n) is 14.2. The Morgan fingerprint density at radius 1 is 1.54 bits per heavy atom. The topological polar surface area (TPSA) is 62.3 Å². The second kappa shape index (κ2) is 9.86. The first kappa shape index (κ1) is 20.7. The number of amides is 1. The largest absolute Gasteiger partial charge is 0.335 e. The molecule has 0 spiro atoms. The third-order valence-electron chi connectivity index (χ3n) is 3.52. The molecule has 2 unspecified atom stereocenters. The van der Waals surface area contributed by atoms with Gasteiger partial charge in [-0.15, -0.1) is 0 Å². The van der Waals surface area contributed by atoms with Gasteiger partial charge in [0.2, 0.25) is 5.91 Å². The van der Waals surface area contributed by atoms with Gasteiger partial charge >= 0.3 is 0 Å². The molecule has 1 rings (SSSR count). The molecule has 0 aliphatic rings. The third kappa shape index (κ3) is 5.96. The Morgan fingerprint density at radius 3 is 2.71 bits per heavy atom. The van der Waals surface area contributed by atoms with Gasteiger partial charge in [-0.3, -0.25) is 14.0 Å². The monoisotopic (exact) mass is 387 g/mol. The maximum absolute atomic E-state index is 12.4. The highest BCUT2D eigenvalue weighted by atomic mass is 35.5. The van der Waals surface area contributed by atoms with Crippen LogP contribution in [0, 0.1) is 0 Å². The SMILES string of the molecule is CCN(C(=O)CC(C)S(C)=O)/C(C)=C(\Cl)NC(=S)c1cccnc1. The predicted molar refractivity (Wildman–Crippen MR) is 103 cm³/mol. The number of carbonyl (C=O) groups excluding carboxylic acids is 1. The Balaban J connectivity index is 2.87. The van der Waals surface area contributed by atoms with Crippen LogP contribution in [-0.2, 0) is 15.6 Å². The number of rotatable bonds is 7. The maximum atomic E-state index is 12.4. The fraction of sp³-hybridized carbons (Fsp3) is 0.438. The van der Waals surface area contributed by atoms with Crippen molar-refractivity contribution in [1.29, 1.82) is 0 Å². The molecular weight excluding hydrogens is 366 g/mol. The van der Waals surface area contributed by atoms with Crippen molar-refractivity contribution in [2.24, 2.45) is 0 Å². The normalized spacial score (nSPS) is 14.4. The second-order valence-electron chi connectivity index (χ2n) is 5.25. The molecule has 0 aliphatic carbocycles. The summed E-state index contributed by atoms with van der Waals surface area (Å²) < 4.78 is 11.5. The van der Waals surface area contributed by atoms with Crippen LogP contribution in [0.2, 0.25) is 0 Å². The molecule has 0 aromatic carbocycles. The summed E-state index contributed by atoms with van der Waals surface area (Å²) in [4.78, 5) is 18.4. The number of nitrogens with zero attached hydrogens (tertiary/aromatic N) is 2. The Hall–Kier alpha value is -1.31. The third-order valence-corrected chi connectivity index (χ3v) is 5.52. The van der Waals surface area contributed by atoms with Gasteiger partial charge in [0, 0.05) is 53.2 Å². The summed E-state index contributed by atoms with van der Waals surface area (Å²) in [5.41, 5.74) is 1.31. The Bertz CT molecular complexity index is 650. The standard InChI is InChI=1S/C16H22ClN3O2S2/c1-5-20(14(21)9-11(2)24(4)22)12(3)15(17)19-16(23)13-7-6-8-18-10-13/h6-8,10-11H,5,9H2,1-4H3,(H,19,23)/b15-12+. The van der Waals surface area contributed by atoms with E-state index in [0.29, 0.717) is 17.2 Å². The van der Waals surface area contributed by atoms with Crippen LogP contribution in [-0.4, -0.2) is 43.0 Å². The van der Waals surface area contributed by atoms with E-state index in [4.69, 9.17) is 23.8 Å². The zero-order chi connectivity index (χ0) is 18.3. The summed E-state index contributed by atoms with van der Waals surface area (Å²) >= 11 is 11.6. The van der Waals surface area contributed by atoms with Crippen molar-refractivity contribution in [2.75, 3.05) is 12.8 Å². The van der Waals surface area contributed by atoms with Crippen LogP contribution in [0.1, 0.15) is 32.8 Å². The summed E-state index contributed by atoms with van der Waals surface area (Å²) in [7, 11) is -1.05. The number of halogens is 1. The first-order valence-electron chi connectivity index (χ1n) is 7.48. The average Bonchev–Trinajstić information content (AvgIpc) is 2.55. The van der Waals surface area contributed by atoms with E-state index in [2.05, 4.69) is 10.3 Å². The van der Waals surface area contributed by atoms with Crippen LogP contribution in [0.15, 0.2) is 35.4 Å². The summed E-state index contributed by atoms with van der Waals surface area (Å²) in [6, 6.07) is 3.60. The molecule has 5 nitrogen and oxygen atoms in total. The quantitative estimate of drug-likeness (QED) is 0.575. The first-order valence-corrected chi connectivity index (χ1v) is 9.89. The number of thiocarbonyl (C=S) groups is 1. The molecule has 132 valence electrons. The minimum absolute atomic E-state index is 0.120. The molecular formula is C16H22ClN3O2S2. The minimum Gasteiger partial charge on any atom is -0.335 e. The van der Waals surface area contributed by atoms with E-state index in [-0.39, 0.29) is 22.7 Å². The second-order valence-corrected chi connectivity index (χ2v) is 7.83. The lowest BCUT2D eigenvalue weighted by molar-refractivity contribution is -0.129. The van der Waals surface area contributed by atoms with E-state index in [9.17, 15) is 9.00 Å². The van der Waals surface area contributed by atoms with Gasteiger partial charge in [-0.05, 0) is 26.0 Å². The number of nitrogens with one attached hydrogen (secondary N) is 1. The predicted octanol–water partition coefficient (Wildman–Crippen LogP) is 2.78. The molecule has 1 amide bonds. The van der Waals surface area contributed by atoms with E-state index in [0.717, 1.165) is 5.56 Å². The zero-order valence-corrected chi connectivity index (χ0v) is 16.6. The van der Waals surface area contributed by atoms with Crippen LogP contribution in [0.5, 0.6) is 0 Å². The number of carbonyl (C=O) groups is 1. The fourth-order valence-electron chi connectivity index (χ4n) is 1.95. The smallest absolute Gasteiger partial charge is 0.228 e. The lowest BCUT2D eigenvalue weighted by Gasteiger charge is -2.24. The van der Waals surface area contributed by atoms with Crippen LogP contribution in [0.25, 0.3) is 0 Å². The first-order chi connectivity index (χ1) is 11.3. The van der Waals surface area contributed by atoms with E-state index >= 15 is 0 Å². The van der Waals surface area contributed by atoms with Crippen LogP contribution < -0.4 is 5.32 Å². The van der Waals surface area contributed by atoms with Gasteiger partial charge < -0.3 is 10.2 Å². The molecule has 2 atom stereocenters. The van der Waals surface area contributed by atoms with Gasteiger partial charge in [-0.25, -0.2) is 0 Å². The van der Waals surface area contributed by atoms with E-state index in [1.54, 1.807) is 43.5 Å². The minimum atomic E-state index is -1.05. The van der Waals surface area contributed by atoms with Gasteiger partial charge in [0.05, 0.1) is 5.70 Å². The fourth-order valence-corrected chi connectivity index (χ4v) is 2.80. The van der Waals surface area contributed by atoms with Crippen molar-refractivity contribution in [2.45, 2.75) is 32.4 Å². The number of hydrogen-bond acceptors (Lipinski definition) is 4. The molecule has 1 aromatic heterocycles. The van der Waals surface area contributed by atoms with Crippen molar-refractivity contribution in [3.8, 4) is 0 Å². The van der Waals surface area contributed by atoms with Gasteiger partial charge in [-0.1, -0.05) is 30.7 Å². The average molecular weight is 388 g/mol. The molecule has 1 N–H and O–H groups in total. The lowest BCUT2D eigenvalue weighted by Crippen LogP contribution is -2.34. The van der Waals surface area contributed by atoms with Crippen molar-refractivity contribution in [3.05, 3.63) is 40.9 Å². The molecule has 0 fully saturated rings. The number of aromatic nitrogens is 1. The molecule has 0 saturated heterocycles. The molecule has 0 aliphatic heterocycles. The van der Waals surface area contributed by atoms with Gasteiger partial charge in [0.1, 0.15) is 10.1 Å². The van der Waals surface area contributed by atoms with Gasteiger partial charge in [0.15, 0.2) is 0 Å². The lowest BCUT2D eigenvalue weighted by atomic mass is 10.2. The highest BCUT2D eigenvalue weighted by molar-refractivity contribution is 7.84. The Morgan fingerprint density at radius 2 is 2.21 bits per heavy atom. The maximum Gasteiger partial charge on any atom is 0.228 e. The summed E-state index contributed by atoms with van der Waals surface area (Å²) in [6.45, 7) is 5.86. The van der Waals surface area contributed by atoms with Gasteiger partial charge in [0.25, 0.3) is 0 Å². The van der Waals surface area contributed by atoms with Gasteiger partial charge in [-0.2, -0.15) is 0 Å². The van der Waals surface area contributed by atoms with Crippen molar-refractivity contribution < 1.29 is 9.00 Å². The summed E-state index contributed by atoms with van der Waals surface area (Å²) in [5.74, 6) is -0.120. The van der Waals surface area contributed by atoms with Crippen molar-refractivity contribution in [1.82, 2.24) is 15.2 Å². The number of hydrogen-bond donors (Lipinski definition) is 1. The molecule has 1 heterocycles. The molecule has 8 heteroatoms. The van der Waals surface area contributed by atoms with Crippen LogP contribution in [0.3, 0.4) is 0 Å². The van der Waals surface area contributed by atoms with E-state index in [1.807, 2.05) is 13.0 Å². The van der Waals surface area contributed by atoms with Crippen LogP contribution >= 0.6 is 23.8 Å².